The van der Waals surface area contributed by atoms with E-state index in [9.17, 15) is 14.4 Å². The number of hydrogen-bond donors (Lipinski definition) is 1. The van der Waals surface area contributed by atoms with E-state index in [1.807, 2.05) is 0 Å². The van der Waals surface area contributed by atoms with Crippen LogP contribution in [0.4, 0.5) is 10.1 Å². The van der Waals surface area contributed by atoms with E-state index in [1.54, 1.807) is 26.8 Å². The molecular formula is C16H14BrFN4OS. The van der Waals surface area contributed by atoms with Crippen molar-refractivity contribution in [1.82, 2.24) is 9.97 Å². The van der Waals surface area contributed by atoms with Crippen molar-refractivity contribution in [3.8, 4) is 6.07 Å². The van der Waals surface area contributed by atoms with Gasteiger partial charge in [-0.15, -0.1) is 0 Å². The third-order valence-electron chi connectivity index (χ3n) is 3.13. The van der Waals surface area contributed by atoms with Crippen LogP contribution in [0, 0.1) is 31.0 Å². The number of aromatic nitrogens is 2. The summed E-state index contributed by atoms with van der Waals surface area (Å²) in [6.45, 7) is 5.12. The fraction of sp³-hybridized carbons (Fsp3) is 0.250. The molecule has 1 aromatic carbocycles. The largest absolute Gasteiger partial charge is 0.323 e. The molecule has 0 aliphatic rings. The third-order valence-corrected chi connectivity index (χ3v) is 4.71. The van der Waals surface area contributed by atoms with Gasteiger partial charge in [-0.25, -0.2) is 14.4 Å². The molecular weight excluding hydrogens is 395 g/mol. The molecule has 1 aromatic heterocycles. The highest BCUT2D eigenvalue weighted by Gasteiger charge is 2.20. The molecule has 1 N–H and O–H groups in total. The van der Waals surface area contributed by atoms with E-state index in [2.05, 4.69) is 37.3 Å². The van der Waals surface area contributed by atoms with Crippen molar-refractivity contribution in [2.45, 2.75) is 31.0 Å². The van der Waals surface area contributed by atoms with E-state index in [-0.39, 0.29) is 11.6 Å². The molecule has 0 spiro atoms. The Morgan fingerprint density at radius 1 is 1.42 bits per heavy atom. The second-order valence-electron chi connectivity index (χ2n) is 5.02. The average Bonchev–Trinajstić information content (AvgIpc) is 2.49. The minimum absolute atomic E-state index is 0.103. The summed E-state index contributed by atoms with van der Waals surface area (Å²) < 4.78 is 14.4. The first-order valence-electron chi connectivity index (χ1n) is 6.99. The fourth-order valence-corrected chi connectivity index (χ4v) is 3.27. The summed E-state index contributed by atoms with van der Waals surface area (Å²) in [5.41, 5.74) is 1.02. The van der Waals surface area contributed by atoms with Crippen molar-refractivity contribution in [1.29, 1.82) is 5.26 Å². The predicted octanol–water partition coefficient (Wildman–Crippen LogP) is 3.99. The lowest BCUT2D eigenvalue weighted by molar-refractivity contribution is -0.115. The molecule has 0 fully saturated rings. The van der Waals surface area contributed by atoms with Crippen molar-refractivity contribution >= 4 is 39.3 Å². The molecule has 0 aliphatic carbocycles. The number of amides is 1. The molecule has 1 unspecified atom stereocenters. The molecule has 1 atom stereocenters. The van der Waals surface area contributed by atoms with Crippen molar-refractivity contribution < 1.29 is 9.18 Å². The van der Waals surface area contributed by atoms with Crippen LogP contribution in [0.25, 0.3) is 0 Å². The first-order valence-corrected chi connectivity index (χ1v) is 8.67. The molecule has 0 saturated carbocycles. The summed E-state index contributed by atoms with van der Waals surface area (Å²) in [5.74, 6) is -0.374. The van der Waals surface area contributed by atoms with Gasteiger partial charge in [-0.1, -0.05) is 27.7 Å². The van der Waals surface area contributed by atoms with E-state index >= 15 is 0 Å². The molecule has 1 heterocycles. The quantitative estimate of drug-likeness (QED) is 0.611. The first-order chi connectivity index (χ1) is 11.3. The summed E-state index contributed by atoms with van der Waals surface area (Å²) >= 11 is 4.31. The van der Waals surface area contributed by atoms with Gasteiger partial charge in [0, 0.05) is 4.47 Å². The van der Waals surface area contributed by atoms with Gasteiger partial charge in [0.2, 0.25) is 5.91 Å². The van der Waals surface area contributed by atoms with Gasteiger partial charge in [0.05, 0.1) is 16.6 Å². The number of thioether (sulfide) groups is 1. The van der Waals surface area contributed by atoms with Crippen LogP contribution in [-0.2, 0) is 4.79 Å². The Morgan fingerprint density at radius 2 is 2.12 bits per heavy atom. The number of nitrogens with one attached hydrogen (secondary N) is 1. The van der Waals surface area contributed by atoms with Gasteiger partial charge >= 0.3 is 0 Å². The number of nitriles is 1. The van der Waals surface area contributed by atoms with Crippen molar-refractivity contribution in [2.75, 3.05) is 5.32 Å². The monoisotopic (exact) mass is 408 g/mol. The Kier molecular flexibility index (Phi) is 5.91. The molecule has 24 heavy (non-hydrogen) atoms. The van der Waals surface area contributed by atoms with Gasteiger partial charge in [0.15, 0.2) is 0 Å². The maximum Gasteiger partial charge on any atom is 0.237 e. The second kappa shape index (κ2) is 7.73. The molecule has 0 radical (unpaired) electrons. The van der Waals surface area contributed by atoms with Crippen molar-refractivity contribution in [3.63, 3.8) is 0 Å². The molecule has 0 saturated heterocycles. The summed E-state index contributed by atoms with van der Waals surface area (Å²) in [6, 6.07) is 6.45. The van der Waals surface area contributed by atoms with Gasteiger partial charge in [-0.3, -0.25) is 4.79 Å². The zero-order valence-electron chi connectivity index (χ0n) is 13.2. The van der Waals surface area contributed by atoms with Crippen LogP contribution >= 0.6 is 27.7 Å². The normalized spacial score (nSPS) is 11.7. The van der Waals surface area contributed by atoms with Crippen LogP contribution in [0.5, 0.6) is 0 Å². The average molecular weight is 409 g/mol. The zero-order valence-corrected chi connectivity index (χ0v) is 15.6. The van der Waals surface area contributed by atoms with E-state index in [4.69, 9.17) is 0 Å². The molecule has 0 bridgehead atoms. The van der Waals surface area contributed by atoms with Gasteiger partial charge < -0.3 is 5.32 Å². The minimum Gasteiger partial charge on any atom is -0.323 e. The Labute approximate surface area is 151 Å². The Morgan fingerprint density at radius 3 is 2.75 bits per heavy atom. The number of carbonyl (C=O) groups is 1. The van der Waals surface area contributed by atoms with Gasteiger partial charge in [0.1, 0.15) is 28.3 Å². The number of halogens is 2. The number of anilines is 1. The molecule has 0 aliphatic heterocycles. The fourth-order valence-electron chi connectivity index (χ4n) is 1.94. The number of aryl methyl sites for hydroxylation is 2. The van der Waals surface area contributed by atoms with Gasteiger partial charge in [-0.05, 0) is 39.0 Å². The molecule has 2 aromatic rings. The summed E-state index contributed by atoms with van der Waals surface area (Å²) in [4.78, 5) is 20.7. The third kappa shape index (κ3) is 4.30. The highest BCUT2D eigenvalue weighted by atomic mass is 79.9. The molecule has 1 amide bonds. The standard InChI is InChI=1S/C16H14BrFN4OS/c1-8-12(7-19)16(21-10(3)20-8)24-9(2)15(23)22-14-5-4-11(17)6-13(14)18/h4-6,9H,1-3H3,(H,22,23). The van der Waals surface area contributed by atoms with Crippen molar-refractivity contribution in [3.05, 3.63) is 45.6 Å². The van der Waals surface area contributed by atoms with Crippen LogP contribution in [0.1, 0.15) is 24.0 Å². The van der Waals surface area contributed by atoms with E-state index in [0.717, 1.165) is 11.8 Å². The van der Waals surface area contributed by atoms with Crippen LogP contribution in [0.3, 0.4) is 0 Å². The lowest BCUT2D eigenvalue weighted by Gasteiger charge is -2.13. The van der Waals surface area contributed by atoms with Crippen molar-refractivity contribution in [2.24, 2.45) is 0 Å². The Hall–Kier alpha value is -1.98. The lowest BCUT2D eigenvalue weighted by atomic mass is 10.3. The predicted molar refractivity (Wildman–Crippen MR) is 94.3 cm³/mol. The number of carbonyl (C=O) groups excluding carboxylic acids is 1. The summed E-state index contributed by atoms with van der Waals surface area (Å²) in [6.07, 6.45) is 0. The van der Waals surface area contributed by atoms with E-state index in [0.29, 0.717) is 26.6 Å². The topological polar surface area (TPSA) is 78.7 Å². The lowest BCUT2D eigenvalue weighted by Crippen LogP contribution is -2.23. The number of nitrogens with zero attached hydrogens (tertiary/aromatic N) is 3. The number of hydrogen-bond acceptors (Lipinski definition) is 5. The second-order valence-corrected chi connectivity index (χ2v) is 7.27. The first kappa shape index (κ1) is 18.4. The Balaban J connectivity index is 2.16. The SMILES string of the molecule is Cc1nc(C)c(C#N)c(SC(C)C(=O)Nc2ccc(Br)cc2F)n1. The maximum atomic E-state index is 13.8. The summed E-state index contributed by atoms with van der Waals surface area (Å²) in [5, 5.41) is 11.7. The number of benzene rings is 1. The van der Waals surface area contributed by atoms with Gasteiger partial charge in [0.25, 0.3) is 0 Å². The minimum atomic E-state index is -0.561. The highest BCUT2D eigenvalue weighted by Crippen LogP contribution is 2.27. The molecule has 2 rings (SSSR count). The molecule has 8 heteroatoms. The maximum absolute atomic E-state index is 13.8. The summed E-state index contributed by atoms with van der Waals surface area (Å²) in [7, 11) is 0. The van der Waals surface area contributed by atoms with Crippen LogP contribution in [0.15, 0.2) is 27.7 Å². The molecule has 124 valence electrons. The zero-order chi connectivity index (χ0) is 17.9. The van der Waals surface area contributed by atoms with Crippen LogP contribution in [-0.4, -0.2) is 21.1 Å². The number of rotatable bonds is 4. The Bertz CT molecular complexity index is 838. The van der Waals surface area contributed by atoms with Gasteiger partial charge in [-0.2, -0.15) is 5.26 Å². The van der Waals surface area contributed by atoms with Crippen LogP contribution in [0.2, 0.25) is 0 Å². The molecule has 5 nitrogen and oxygen atoms in total. The van der Waals surface area contributed by atoms with E-state index < -0.39 is 11.1 Å². The highest BCUT2D eigenvalue weighted by molar-refractivity contribution is 9.10. The smallest absolute Gasteiger partial charge is 0.237 e. The van der Waals surface area contributed by atoms with E-state index in [1.165, 1.54) is 12.1 Å². The van der Waals surface area contributed by atoms with Crippen LogP contribution < -0.4 is 5.32 Å².